The van der Waals surface area contributed by atoms with Crippen molar-refractivity contribution in [3.8, 4) is 32.7 Å². The van der Waals surface area contributed by atoms with Gasteiger partial charge in [-0.25, -0.2) is 4.98 Å². The number of oxazole rings is 1. The third-order valence-electron chi connectivity index (χ3n) is 4.50. The third-order valence-corrected chi connectivity index (χ3v) is 6.45. The molecule has 0 saturated carbocycles. The fraction of sp³-hybridized carbons (Fsp3) is 0.0417. The largest absolute Gasteiger partial charge is 0.429 e. The highest BCUT2D eigenvalue weighted by Crippen LogP contribution is 2.40. The van der Waals surface area contributed by atoms with Crippen LogP contribution in [0.5, 0.6) is 0 Å². The topological polar surface area (TPSA) is 51.8 Å². The minimum absolute atomic E-state index is 0.580. The average Bonchev–Trinajstić information content (AvgIpc) is 3.44. The highest BCUT2D eigenvalue weighted by molar-refractivity contribution is 7.99. The van der Waals surface area contributed by atoms with Gasteiger partial charge in [0.2, 0.25) is 5.89 Å². The Morgan fingerprint density at radius 3 is 2.07 bits per heavy atom. The standard InChI is InChI=1S/C24H17N3OS2/c1-16-12-14-19(15-13-16)29-24-20(25-21(28-24)17-8-4-2-5-9-17)23-27-26-22(30-23)18-10-6-3-7-11-18/h2-15H,1H3. The van der Waals surface area contributed by atoms with E-state index in [0.29, 0.717) is 11.0 Å². The van der Waals surface area contributed by atoms with Crippen LogP contribution in [-0.2, 0) is 0 Å². The van der Waals surface area contributed by atoms with E-state index in [0.717, 1.165) is 31.7 Å². The number of aromatic nitrogens is 3. The van der Waals surface area contributed by atoms with Gasteiger partial charge >= 0.3 is 0 Å². The zero-order valence-electron chi connectivity index (χ0n) is 16.1. The van der Waals surface area contributed by atoms with Crippen molar-refractivity contribution in [2.75, 3.05) is 0 Å². The molecule has 5 aromatic rings. The molecule has 5 rings (SSSR count). The first kappa shape index (κ1) is 18.8. The lowest BCUT2D eigenvalue weighted by Crippen LogP contribution is -1.81. The van der Waals surface area contributed by atoms with Crippen LogP contribution in [0.15, 0.2) is 99.3 Å². The molecule has 0 radical (unpaired) electrons. The Balaban J connectivity index is 1.56. The lowest BCUT2D eigenvalue weighted by molar-refractivity contribution is 0.485. The van der Waals surface area contributed by atoms with E-state index < -0.39 is 0 Å². The highest BCUT2D eigenvalue weighted by atomic mass is 32.2. The van der Waals surface area contributed by atoms with E-state index >= 15 is 0 Å². The Kier molecular flexibility index (Phi) is 5.17. The van der Waals surface area contributed by atoms with Gasteiger partial charge < -0.3 is 4.42 Å². The maximum Gasteiger partial charge on any atom is 0.228 e. The third kappa shape index (κ3) is 3.92. The second kappa shape index (κ2) is 8.26. The van der Waals surface area contributed by atoms with E-state index in [4.69, 9.17) is 9.40 Å². The van der Waals surface area contributed by atoms with Gasteiger partial charge in [-0.05, 0) is 43.0 Å². The molecule has 0 aliphatic carbocycles. The molecule has 4 nitrogen and oxygen atoms in total. The molecule has 0 saturated heterocycles. The molecule has 0 amide bonds. The van der Waals surface area contributed by atoms with Crippen LogP contribution < -0.4 is 0 Å². The van der Waals surface area contributed by atoms with E-state index in [-0.39, 0.29) is 0 Å². The zero-order chi connectivity index (χ0) is 20.3. The van der Waals surface area contributed by atoms with Crippen LogP contribution in [0.25, 0.3) is 32.7 Å². The minimum atomic E-state index is 0.580. The molecule has 3 aromatic carbocycles. The van der Waals surface area contributed by atoms with Crippen molar-refractivity contribution < 1.29 is 4.42 Å². The number of hydrogen-bond acceptors (Lipinski definition) is 6. The van der Waals surface area contributed by atoms with E-state index in [1.54, 1.807) is 11.8 Å². The minimum Gasteiger partial charge on any atom is -0.429 e. The Labute approximate surface area is 182 Å². The summed E-state index contributed by atoms with van der Waals surface area (Å²) in [5.41, 5.74) is 3.92. The van der Waals surface area contributed by atoms with Crippen molar-refractivity contribution in [3.05, 3.63) is 90.5 Å². The summed E-state index contributed by atoms with van der Waals surface area (Å²) in [5, 5.41) is 11.1. The first-order valence-electron chi connectivity index (χ1n) is 9.46. The average molecular weight is 428 g/mol. The molecule has 0 spiro atoms. The molecule has 0 aliphatic heterocycles. The van der Waals surface area contributed by atoms with Crippen LogP contribution in [0.1, 0.15) is 5.56 Å². The Hall–Kier alpha value is -3.22. The predicted molar refractivity (Wildman–Crippen MR) is 122 cm³/mol. The summed E-state index contributed by atoms with van der Waals surface area (Å²) in [5.74, 6) is 0.580. The van der Waals surface area contributed by atoms with Gasteiger partial charge in [-0.1, -0.05) is 77.6 Å². The van der Waals surface area contributed by atoms with Gasteiger partial charge in [0.25, 0.3) is 0 Å². The number of hydrogen-bond donors (Lipinski definition) is 0. The Morgan fingerprint density at radius 2 is 1.37 bits per heavy atom. The van der Waals surface area contributed by atoms with Crippen molar-refractivity contribution in [1.82, 2.24) is 15.2 Å². The van der Waals surface area contributed by atoms with Crippen molar-refractivity contribution >= 4 is 23.1 Å². The molecule has 6 heteroatoms. The van der Waals surface area contributed by atoms with E-state index in [2.05, 4.69) is 41.4 Å². The second-order valence-electron chi connectivity index (χ2n) is 6.71. The molecule has 146 valence electrons. The smallest absolute Gasteiger partial charge is 0.228 e. The molecule has 0 N–H and O–H groups in total. The molecule has 0 atom stereocenters. The normalized spacial score (nSPS) is 11.0. The molecule has 0 bridgehead atoms. The molecule has 2 aromatic heterocycles. The summed E-state index contributed by atoms with van der Waals surface area (Å²) in [6.45, 7) is 2.08. The number of benzene rings is 3. The van der Waals surface area contributed by atoms with Gasteiger partial charge in [0.15, 0.2) is 15.8 Å². The lowest BCUT2D eigenvalue weighted by atomic mass is 10.2. The molecule has 0 fully saturated rings. The SMILES string of the molecule is Cc1ccc(Sc2oc(-c3ccccc3)nc2-c2nnc(-c3ccccc3)s2)cc1. The Bertz CT molecular complexity index is 1260. The van der Waals surface area contributed by atoms with E-state index in [1.807, 2.05) is 60.7 Å². The van der Waals surface area contributed by atoms with Gasteiger partial charge in [0.1, 0.15) is 5.01 Å². The molecular formula is C24H17N3OS2. The van der Waals surface area contributed by atoms with Crippen molar-refractivity contribution in [2.24, 2.45) is 0 Å². The molecule has 0 aliphatic rings. The first-order valence-corrected chi connectivity index (χ1v) is 11.1. The maximum absolute atomic E-state index is 6.20. The van der Waals surface area contributed by atoms with Crippen molar-refractivity contribution in [3.63, 3.8) is 0 Å². The van der Waals surface area contributed by atoms with Crippen LogP contribution in [0.2, 0.25) is 0 Å². The number of rotatable bonds is 5. The molecule has 0 unspecified atom stereocenters. The molecule has 30 heavy (non-hydrogen) atoms. The highest BCUT2D eigenvalue weighted by Gasteiger charge is 2.21. The summed E-state index contributed by atoms with van der Waals surface area (Å²) in [6, 6.07) is 28.3. The monoisotopic (exact) mass is 427 g/mol. The first-order chi connectivity index (χ1) is 14.8. The van der Waals surface area contributed by atoms with Crippen LogP contribution in [0.4, 0.5) is 0 Å². The summed E-state index contributed by atoms with van der Waals surface area (Å²) in [6.07, 6.45) is 0. The summed E-state index contributed by atoms with van der Waals surface area (Å²) in [4.78, 5) is 5.88. The van der Waals surface area contributed by atoms with Crippen LogP contribution in [0, 0.1) is 6.92 Å². The van der Waals surface area contributed by atoms with Crippen LogP contribution in [-0.4, -0.2) is 15.2 Å². The number of aryl methyl sites for hydroxylation is 1. The van der Waals surface area contributed by atoms with Gasteiger partial charge in [0, 0.05) is 16.0 Å². The fourth-order valence-corrected chi connectivity index (χ4v) is 4.69. The van der Waals surface area contributed by atoms with Gasteiger partial charge in [0.05, 0.1) is 0 Å². The van der Waals surface area contributed by atoms with Gasteiger partial charge in [-0.2, -0.15) is 0 Å². The van der Waals surface area contributed by atoms with Crippen LogP contribution in [0.3, 0.4) is 0 Å². The Morgan fingerprint density at radius 1 is 0.733 bits per heavy atom. The quantitative estimate of drug-likeness (QED) is 0.303. The summed E-state index contributed by atoms with van der Waals surface area (Å²) < 4.78 is 6.20. The molecule has 2 heterocycles. The summed E-state index contributed by atoms with van der Waals surface area (Å²) >= 11 is 3.06. The second-order valence-corrected chi connectivity index (χ2v) is 8.74. The van der Waals surface area contributed by atoms with Gasteiger partial charge in [-0.3, -0.25) is 0 Å². The van der Waals surface area contributed by atoms with Crippen molar-refractivity contribution in [1.29, 1.82) is 0 Å². The van der Waals surface area contributed by atoms with E-state index in [1.165, 1.54) is 16.9 Å². The van der Waals surface area contributed by atoms with Crippen molar-refractivity contribution in [2.45, 2.75) is 16.9 Å². The molecular weight excluding hydrogens is 410 g/mol. The number of nitrogens with zero attached hydrogens (tertiary/aromatic N) is 3. The van der Waals surface area contributed by atoms with Gasteiger partial charge in [-0.15, -0.1) is 10.2 Å². The zero-order valence-corrected chi connectivity index (χ0v) is 17.8. The van der Waals surface area contributed by atoms with E-state index in [9.17, 15) is 0 Å². The van der Waals surface area contributed by atoms with Crippen LogP contribution >= 0.6 is 23.1 Å². The fourth-order valence-electron chi connectivity index (χ4n) is 2.94. The lowest BCUT2D eigenvalue weighted by Gasteiger charge is -2.00. The predicted octanol–water partition coefficient (Wildman–Crippen LogP) is 6.99. The maximum atomic E-state index is 6.20. The summed E-state index contributed by atoms with van der Waals surface area (Å²) in [7, 11) is 0.